The molecular weight excluding hydrogens is 238 g/mol. The Kier molecular flexibility index (Phi) is 4.02. The van der Waals surface area contributed by atoms with E-state index in [-0.39, 0.29) is 6.04 Å². The zero-order valence-electron chi connectivity index (χ0n) is 9.85. The van der Waals surface area contributed by atoms with Crippen LogP contribution >= 0.6 is 0 Å². The smallest absolute Gasteiger partial charge is 0.161 e. The second-order valence-electron chi connectivity index (χ2n) is 4.10. The molecule has 4 nitrogen and oxygen atoms in total. The van der Waals surface area contributed by atoms with Gasteiger partial charge in [0.25, 0.3) is 0 Å². The second kappa shape index (κ2) is 5.51. The first-order valence-electron chi connectivity index (χ1n) is 5.62. The van der Waals surface area contributed by atoms with E-state index in [9.17, 15) is 4.21 Å². The van der Waals surface area contributed by atoms with Gasteiger partial charge in [0.2, 0.25) is 0 Å². The van der Waals surface area contributed by atoms with Gasteiger partial charge in [0.1, 0.15) is 0 Å². The summed E-state index contributed by atoms with van der Waals surface area (Å²) in [7, 11) is -0.898. The minimum atomic E-state index is -0.898. The van der Waals surface area contributed by atoms with Gasteiger partial charge in [-0.3, -0.25) is 4.21 Å². The van der Waals surface area contributed by atoms with Crippen molar-refractivity contribution in [2.45, 2.75) is 12.5 Å². The summed E-state index contributed by atoms with van der Waals surface area (Å²) < 4.78 is 22.3. The van der Waals surface area contributed by atoms with Gasteiger partial charge < -0.3 is 15.2 Å². The number of benzene rings is 1. The van der Waals surface area contributed by atoms with Crippen molar-refractivity contribution in [3.63, 3.8) is 0 Å². The van der Waals surface area contributed by atoms with E-state index >= 15 is 0 Å². The Balaban J connectivity index is 2.20. The molecule has 1 aromatic carbocycles. The quantitative estimate of drug-likeness (QED) is 0.882. The molecule has 1 heterocycles. The molecule has 0 fully saturated rings. The van der Waals surface area contributed by atoms with Gasteiger partial charge in [-0.2, -0.15) is 0 Å². The molecule has 1 aliphatic rings. The van der Waals surface area contributed by atoms with Crippen LogP contribution in [0.4, 0.5) is 0 Å². The predicted molar refractivity (Wildman–Crippen MR) is 67.9 cm³/mol. The largest absolute Gasteiger partial charge is 0.490 e. The highest BCUT2D eigenvalue weighted by Gasteiger charge is 2.14. The molecule has 2 rings (SSSR count). The highest BCUT2D eigenvalue weighted by Crippen LogP contribution is 2.31. The lowest BCUT2D eigenvalue weighted by Crippen LogP contribution is -2.17. The molecule has 94 valence electrons. The molecule has 1 aromatic rings. The highest BCUT2D eigenvalue weighted by atomic mass is 32.2. The Morgan fingerprint density at radius 1 is 1.35 bits per heavy atom. The summed E-state index contributed by atoms with van der Waals surface area (Å²) in [5.41, 5.74) is 6.91. The molecule has 5 heteroatoms. The van der Waals surface area contributed by atoms with Gasteiger partial charge in [0.05, 0.1) is 13.2 Å². The number of hydrogen-bond acceptors (Lipinski definition) is 4. The number of rotatable bonds is 3. The Morgan fingerprint density at radius 2 is 2.06 bits per heavy atom. The standard InChI is InChI=1S/C12H17NO3S/c1-17(14)8-10(13)9-3-4-11-12(7-9)16-6-2-5-15-11/h3-4,7,10H,2,5-6,8,13H2,1H3. The number of hydrogen-bond donors (Lipinski definition) is 1. The van der Waals surface area contributed by atoms with Crippen molar-refractivity contribution in [3.8, 4) is 11.5 Å². The van der Waals surface area contributed by atoms with Gasteiger partial charge in [-0.25, -0.2) is 0 Å². The summed E-state index contributed by atoms with van der Waals surface area (Å²) in [4.78, 5) is 0. The van der Waals surface area contributed by atoms with Gasteiger partial charge in [0.15, 0.2) is 11.5 Å². The van der Waals surface area contributed by atoms with Crippen molar-refractivity contribution < 1.29 is 13.7 Å². The molecule has 0 aromatic heterocycles. The van der Waals surface area contributed by atoms with Crippen molar-refractivity contribution in [1.29, 1.82) is 0 Å². The maximum atomic E-state index is 11.1. The van der Waals surface area contributed by atoms with E-state index in [4.69, 9.17) is 15.2 Å². The molecule has 0 aliphatic carbocycles. The van der Waals surface area contributed by atoms with E-state index < -0.39 is 10.8 Å². The summed E-state index contributed by atoms with van der Waals surface area (Å²) in [6.07, 6.45) is 2.54. The van der Waals surface area contributed by atoms with E-state index in [2.05, 4.69) is 0 Å². The summed E-state index contributed by atoms with van der Waals surface area (Å²) in [5, 5.41) is 0. The van der Waals surface area contributed by atoms with Crippen molar-refractivity contribution in [2.75, 3.05) is 25.2 Å². The Bertz CT molecular complexity index is 422. The van der Waals surface area contributed by atoms with Crippen molar-refractivity contribution >= 4 is 10.8 Å². The maximum Gasteiger partial charge on any atom is 0.161 e. The number of ether oxygens (including phenoxy) is 2. The van der Waals surface area contributed by atoms with E-state index in [0.717, 1.165) is 23.5 Å². The molecule has 0 spiro atoms. The molecule has 1 aliphatic heterocycles. The van der Waals surface area contributed by atoms with E-state index in [0.29, 0.717) is 19.0 Å². The predicted octanol–water partition coefficient (Wildman–Crippen LogP) is 1.23. The summed E-state index contributed by atoms with van der Waals surface area (Å²) in [5.74, 6) is 1.95. The van der Waals surface area contributed by atoms with Crippen LogP contribution in [0, 0.1) is 0 Å². The second-order valence-corrected chi connectivity index (χ2v) is 5.58. The molecule has 17 heavy (non-hydrogen) atoms. The zero-order valence-corrected chi connectivity index (χ0v) is 10.7. The first kappa shape index (κ1) is 12.4. The van der Waals surface area contributed by atoms with Gasteiger partial charge in [-0.15, -0.1) is 0 Å². The molecule has 2 atom stereocenters. The third kappa shape index (κ3) is 3.20. The van der Waals surface area contributed by atoms with Gasteiger partial charge in [-0.05, 0) is 17.7 Å². The molecular formula is C12H17NO3S. The average molecular weight is 255 g/mol. The van der Waals surface area contributed by atoms with Crippen LogP contribution in [0.25, 0.3) is 0 Å². The van der Waals surface area contributed by atoms with Crippen LogP contribution < -0.4 is 15.2 Å². The minimum Gasteiger partial charge on any atom is -0.490 e. The molecule has 0 bridgehead atoms. The third-order valence-electron chi connectivity index (χ3n) is 2.61. The summed E-state index contributed by atoms with van der Waals surface area (Å²) >= 11 is 0. The van der Waals surface area contributed by atoms with Crippen molar-refractivity contribution in [2.24, 2.45) is 5.73 Å². The Labute approximate surface area is 104 Å². The minimum absolute atomic E-state index is 0.224. The molecule has 0 saturated heterocycles. The Hall–Kier alpha value is -1.07. The van der Waals surface area contributed by atoms with E-state index in [1.54, 1.807) is 6.26 Å². The van der Waals surface area contributed by atoms with Gasteiger partial charge >= 0.3 is 0 Å². The van der Waals surface area contributed by atoms with Crippen LogP contribution in [0.5, 0.6) is 11.5 Å². The topological polar surface area (TPSA) is 61.6 Å². The fourth-order valence-electron chi connectivity index (χ4n) is 1.76. The van der Waals surface area contributed by atoms with E-state index in [1.165, 1.54) is 0 Å². The van der Waals surface area contributed by atoms with Crippen LogP contribution in [0.2, 0.25) is 0 Å². The lowest BCUT2D eigenvalue weighted by Gasteiger charge is -2.13. The SMILES string of the molecule is CS(=O)CC(N)c1ccc2c(c1)OCCCO2. The first-order chi connectivity index (χ1) is 8.16. The van der Waals surface area contributed by atoms with Crippen LogP contribution in [-0.2, 0) is 10.8 Å². The number of nitrogens with two attached hydrogens (primary N) is 1. The third-order valence-corrected chi connectivity index (χ3v) is 3.44. The normalized spacial score (nSPS) is 18.2. The number of fused-ring (bicyclic) bond motifs is 1. The summed E-state index contributed by atoms with van der Waals surface area (Å²) in [6.45, 7) is 1.34. The zero-order chi connectivity index (χ0) is 12.3. The maximum absolute atomic E-state index is 11.1. The molecule has 0 saturated carbocycles. The van der Waals surface area contributed by atoms with Crippen LogP contribution in [0.3, 0.4) is 0 Å². The molecule has 2 unspecified atom stereocenters. The first-order valence-corrected chi connectivity index (χ1v) is 7.34. The fourth-order valence-corrected chi connectivity index (χ4v) is 2.46. The van der Waals surface area contributed by atoms with Crippen molar-refractivity contribution in [1.82, 2.24) is 0 Å². The van der Waals surface area contributed by atoms with Gasteiger partial charge in [-0.1, -0.05) is 6.07 Å². The van der Waals surface area contributed by atoms with Gasteiger partial charge in [0, 0.05) is 35.3 Å². The lowest BCUT2D eigenvalue weighted by molar-refractivity contribution is 0.297. The monoisotopic (exact) mass is 255 g/mol. The fraction of sp³-hybridized carbons (Fsp3) is 0.500. The molecule has 0 amide bonds. The molecule has 0 radical (unpaired) electrons. The van der Waals surface area contributed by atoms with E-state index in [1.807, 2.05) is 18.2 Å². The average Bonchev–Trinajstić information content (AvgIpc) is 2.51. The molecule has 2 N–H and O–H groups in total. The van der Waals surface area contributed by atoms with Crippen LogP contribution in [-0.4, -0.2) is 29.4 Å². The summed E-state index contributed by atoms with van der Waals surface area (Å²) in [6, 6.07) is 5.44. The van der Waals surface area contributed by atoms with Crippen LogP contribution in [0.15, 0.2) is 18.2 Å². The highest BCUT2D eigenvalue weighted by molar-refractivity contribution is 7.84. The lowest BCUT2D eigenvalue weighted by atomic mass is 10.1. The van der Waals surface area contributed by atoms with Crippen molar-refractivity contribution in [3.05, 3.63) is 23.8 Å². The Morgan fingerprint density at radius 3 is 2.76 bits per heavy atom. The van der Waals surface area contributed by atoms with Crippen LogP contribution in [0.1, 0.15) is 18.0 Å².